The fraction of sp³-hybridized carbons (Fsp3) is 0.500. The van der Waals surface area contributed by atoms with Crippen molar-refractivity contribution in [3.63, 3.8) is 0 Å². The van der Waals surface area contributed by atoms with E-state index in [2.05, 4.69) is 30.2 Å². The average molecular weight is 312 g/mol. The van der Waals surface area contributed by atoms with Gasteiger partial charge < -0.3 is 15.0 Å². The lowest BCUT2D eigenvalue weighted by Crippen LogP contribution is -2.27. The molecule has 120 valence electrons. The lowest BCUT2D eigenvalue weighted by molar-refractivity contribution is 0.410. The first-order chi connectivity index (χ1) is 11.3. The number of ether oxygens (including phenoxy) is 1. The van der Waals surface area contributed by atoms with Crippen molar-refractivity contribution in [1.82, 2.24) is 19.9 Å². The Hall–Kier alpha value is -2.44. The SMILES string of the molecule is COc1cnc(N2CCC(Nc3ccnc(C4CC4)n3)C2)nc1. The second-order valence-electron chi connectivity index (χ2n) is 6.07. The largest absolute Gasteiger partial charge is 0.494 e. The molecule has 1 aliphatic heterocycles. The summed E-state index contributed by atoms with van der Waals surface area (Å²) in [6.07, 6.45) is 8.73. The van der Waals surface area contributed by atoms with Gasteiger partial charge in [0.2, 0.25) is 5.95 Å². The predicted molar refractivity (Wildman–Crippen MR) is 86.8 cm³/mol. The van der Waals surface area contributed by atoms with Gasteiger partial charge in [0.15, 0.2) is 5.75 Å². The highest BCUT2D eigenvalue weighted by Gasteiger charge is 2.28. The molecule has 0 aromatic carbocycles. The first-order valence-corrected chi connectivity index (χ1v) is 8.02. The van der Waals surface area contributed by atoms with E-state index in [-0.39, 0.29) is 0 Å². The fourth-order valence-electron chi connectivity index (χ4n) is 2.84. The lowest BCUT2D eigenvalue weighted by atomic mass is 10.2. The van der Waals surface area contributed by atoms with Gasteiger partial charge in [0.25, 0.3) is 0 Å². The van der Waals surface area contributed by atoms with Gasteiger partial charge in [0.1, 0.15) is 11.6 Å². The minimum atomic E-state index is 0.350. The Kier molecular flexibility index (Phi) is 3.69. The van der Waals surface area contributed by atoms with E-state index < -0.39 is 0 Å². The summed E-state index contributed by atoms with van der Waals surface area (Å²) in [6, 6.07) is 2.29. The molecule has 0 bridgehead atoms. The van der Waals surface area contributed by atoms with Crippen molar-refractivity contribution in [2.45, 2.75) is 31.2 Å². The second-order valence-corrected chi connectivity index (χ2v) is 6.07. The summed E-state index contributed by atoms with van der Waals surface area (Å²) in [5.74, 6) is 3.89. The number of methoxy groups -OCH3 is 1. The van der Waals surface area contributed by atoms with E-state index in [0.717, 1.165) is 37.1 Å². The Labute approximate surface area is 135 Å². The molecule has 1 saturated carbocycles. The summed E-state index contributed by atoms with van der Waals surface area (Å²) in [6.45, 7) is 1.81. The minimum Gasteiger partial charge on any atom is -0.494 e. The maximum Gasteiger partial charge on any atom is 0.225 e. The molecule has 4 rings (SSSR count). The number of anilines is 2. The molecule has 2 aliphatic rings. The monoisotopic (exact) mass is 312 g/mol. The molecule has 0 amide bonds. The van der Waals surface area contributed by atoms with E-state index in [4.69, 9.17) is 4.74 Å². The fourth-order valence-corrected chi connectivity index (χ4v) is 2.84. The number of nitrogens with one attached hydrogen (secondary N) is 1. The third kappa shape index (κ3) is 3.18. The second kappa shape index (κ2) is 5.98. The molecule has 1 atom stereocenters. The van der Waals surface area contributed by atoms with Crippen LogP contribution in [0.5, 0.6) is 5.75 Å². The van der Waals surface area contributed by atoms with E-state index in [1.54, 1.807) is 19.5 Å². The van der Waals surface area contributed by atoms with Gasteiger partial charge in [-0.1, -0.05) is 0 Å². The quantitative estimate of drug-likeness (QED) is 0.902. The lowest BCUT2D eigenvalue weighted by Gasteiger charge is -2.17. The Balaban J connectivity index is 1.38. The van der Waals surface area contributed by atoms with E-state index in [0.29, 0.717) is 17.7 Å². The van der Waals surface area contributed by atoms with Crippen molar-refractivity contribution in [1.29, 1.82) is 0 Å². The summed E-state index contributed by atoms with van der Waals surface area (Å²) in [4.78, 5) is 19.9. The highest BCUT2D eigenvalue weighted by Crippen LogP contribution is 2.38. The first kappa shape index (κ1) is 14.2. The van der Waals surface area contributed by atoms with Crippen LogP contribution in [0.25, 0.3) is 0 Å². The average Bonchev–Trinajstić information content (AvgIpc) is 3.35. The maximum absolute atomic E-state index is 5.10. The molecule has 1 aliphatic carbocycles. The van der Waals surface area contributed by atoms with Gasteiger partial charge in [-0.3, -0.25) is 0 Å². The zero-order valence-electron chi connectivity index (χ0n) is 13.1. The maximum atomic E-state index is 5.10. The Morgan fingerprint density at radius 1 is 1.17 bits per heavy atom. The number of aromatic nitrogens is 4. The smallest absolute Gasteiger partial charge is 0.225 e. The van der Waals surface area contributed by atoms with Crippen LogP contribution in [-0.4, -0.2) is 46.2 Å². The molecule has 2 aromatic heterocycles. The number of hydrogen-bond acceptors (Lipinski definition) is 7. The third-order valence-corrected chi connectivity index (χ3v) is 4.29. The van der Waals surface area contributed by atoms with Crippen LogP contribution in [0, 0.1) is 0 Å². The molecule has 1 unspecified atom stereocenters. The molecule has 2 aromatic rings. The molecule has 0 spiro atoms. The summed E-state index contributed by atoms with van der Waals surface area (Å²) in [7, 11) is 1.62. The van der Waals surface area contributed by atoms with Gasteiger partial charge in [-0.25, -0.2) is 19.9 Å². The highest BCUT2D eigenvalue weighted by molar-refractivity contribution is 5.39. The van der Waals surface area contributed by atoms with E-state index in [1.165, 1.54) is 12.8 Å². The van der Waals surface area contributed by atoms with Crippen molar-refractivity contribution in [2.75, 3.05) is 30.4 Å². The molecule has 2 fully saturated rings. The predicted octanol–water partition coefficient (Wildman–Crippen LogP) is 1.84. The van der Waals surface area contributed by atoms with Crippen LogP contribution in [-0.2, 0) is 0 Å². The van der Waals surface area contributed by atoms with E-state index >= 15 is 0 Å². The van der Waals surface area contributed by atoms with Gasteiger partial charge >= 0.3 is 0 Å². The minimum absolute atomic E-state index is 0.350. The molecular formula is C16H20N6O. The summed E-state index contributed by atoms with van der Waals surface area (Å²) in [5.41, 5.74) is 0. The van der Waals surface area contributed by atoms with Crippen LogP contribution in [0.3, 0.4) is 0 Å². The van der Waals surface area contributed by atoms with Crippen molar-refractivity contribution < 1.29 is 4.74 Å². The van der Waals surface area contributed by atoms with Gasteiger partial charge in [-0.15, -0.1) is 0 Å². The Morgan fingerprint density at radius 2 is 2.00 bits per heavy atom. The number of rotatable bonds is 5. The third-order valence-electron chi connectivity index (χ3n) is 4.29. The molecule has 7 nitrogen and oxygen atoms in total. The summed E-state index contributed by atoms with van der Waals surface area (Å²) >= 11 is 0. The Morgan fingerprint density at radius 3 is 2.74 bits per heavy atom. The molecule has 1 N–H and O–H groups in total. The van der Waals surface area contributed by atoms with E-state index in [1.807, 2.05) is 12.3 Å². The standard InChI is InChI=1S/C16H20N6O/c1-23-13-8-18-16(19-9-13)22-7-5-12(10-22)20-14-4-6-17-15(21-14)11-2-3-11/h4,6,8-9,11-12H,2-3,5,7,10H2,1H3,(H,17,20,21). The highest BCUT2D eigenvalue weighted by atomic mass is 16.5. The van der Waals surface area contributed by atoms with Gasteiger partial charge in [-0.05, 0) is 25.3 Å². The van der Waals surface area contributed by atoms with Crippen molar-refractivity contribution in [2.24, 2.45) is 0 Å². The number of hydrogen-bond donors (Lipinski definition) is 1. The van der Waals surface area contributed by atoms with Crippen molar-refractivity contribution in [3.8, 4) is 5.75 Å². The molecule has 23 heavy (non-hydrogen) atoms. The first-order valence-electron chi connectivity index (χ1n) is 8.02. The molecule has 0 radical (unpaired) electrons. The van der Waals surface area contributed by atoms with E-state index in [9.17, 15) is 0 Å². The topological polar surface area (TPSA) is 76.1 Å². The van der Waals surface area contributed by atoms with Crippen LogP contribution in [0.15, 0.2) is 24.7 Å². The van der Waals surface area contributed by atoms with Crippen molar-refractivity contribution in [3.05, 3.63) is 30.5 Å². The van der Waals surface area contributed by atoms with Gasteiger partial charge in [0, 0.05) is 31.2 Å². The molecule has 7 heteroatoms. The number of nitrogens with zero attached hydrogens (tertiary/aromatic N) is 5. The zero-order chi connectivity index (χ0) is 15.6. The summed E-state index contributed by atoms with van der Waals surface area (Å²) in [5, 5.41) is 3.51. The molecular weight excluding hydrogens is 292 g/mol. The summed E-state index contributed by atoms with van der Waals surface area (Å²) < 4.78 is 5.10. The molecule has 1 saturated heterocycles. The van der Waals surface area contributed by atoms with Crippen LogP contribution in [0.1, 0.15) is 31.0 Å². The normalized spacial score (nSPS) is 20.6. The van der Waals surface area contributed by atoms with Gasteiger partial charge in [-0.2, -0.15) is 0 Å². The molecule has 3 heterocycles. The van der Waals surface area contributed by atoms with Crippen molar-refractivity contribution >= 4 is 11.8 Å². The Bertz CT molecular complexity index is 673. The zero-order valence-corrected chi connectivity index (χ0v) is 13.1. The van der Waals surface area contributed by atoms with Crippen LogP contribution < -0.4 is 15.0 Å². The van der Waals surface area contributed by atoms with Crippen LogP contribution in [0.2, 0.25) is 0 Å². The van der Waals surface area contributed by atoms with Gasteiger partial charge in [0.05, 0.1) is 19.5 Å². The van der Waals surface area contributed by atoms with Crippen LogP contribution in [0.4, 0.5) is 11.8 Å². The van der Waals surface area contributed by atoms with Crippen LogP contribution >= 0.6 is 0 Å².